The van der Waals surface area contributed by atoms with Crippen molar-refractivity contribution in [1.29, 1.82) is 0 Å². The molecule has 0 radical (unpaired) electrons. The monoisotopic (exact) mass is 338 g/mol. The van der Waals surface area contributed by atoms with E-state index in [0.29, 0.717) is 0 Å². The number of aromatic amines is 1. The molecule has 0 saturated heterocycles. The third kappa shape index (κ3) is 3.57. The molecule has 8 heteroatoms. The first-order valence-electron chi connectivity index (χ1n) is 7.81. The zero-order chi connectivity index (χ0) is 17.8. The van der Waals surface area contributed by atoms with E-state index in [1.165, 1.54) is 10.9 Å². The molecule has 0 unspecified atom stereocenters. The third-order valence-corrected chi connectivity index (χ3v) is 3.52. The lowest BCUT2D eigenvalue weighted by Crippen LogP contribution is -2.41. The van der Waals surface area contributed by atoms with E-state index >= 15 is 0 Å². The highest BCUT2D eigenvalue weighted by Crippen LogP contribution is 2.17. The van der Waals surface area contributed by atoms with Crippen molar-refractivity contribution in [2.24, 2.45) is 0 Å². The van der Waals surface area contributed by atoms with E-state index in [1.807, 2.05) is 44.2 Å². The maximum atomic E-state index is 12.6. The van der Waals surface area contributed by atoms with Crippen LogP contribution in [0.5, 0.6) is 0 Å². The van der Waals surface area contributed by atoms with Crippen LogP contribution in [0.1, 0.15) is 13.8 Å². The lowest BCUT2D eigenvalue weighted by atomic mass is 10.2. The number of H-pyrrole nitrogens is 1. The summed E-state index contributed by atoms with van der Waals surface area (Å²) in [7, 11) is 0. The number of nitrogens with one attached hydrogen (secondary N) is 2. The summed E-state index contributed by atoms with van der Waals surface area (Å²) in [4.78, 5) is 33.2. The second kappa shape index (κ2) is 7.00. The predicted octanol–water partition coefficient (Wildman–Crippen LogP) is 2.40. The number of aromatic nitrogens is 4. The molecular weight excluding hydrogens is 320 g/mol. The molecule has 3 rings (SSSR count). The fourth-order valence-electron chi connectivity index (χ4n) is 2.40. The Morgan fingerprint density at radius 3 is 2.60 bits per heavy atom. The maximum absolute atomic E-state index is 12.6. The van der Waals surface area contributed by atoms with E-state index in [0.717, 1.165) is 5.69 Å². The first kappa shape index (κ1) is 16.4. The fraction of sp³-hybridized carbons (Fsp3) is 0.176. The minimum absolute atomic E-state index is 0.0717. The van der Waals surface area contributed by atoms with Crippen LogP contribution in [0.15, 0.2) is 59.8 Å². The molecule has 0 aliphatic heterocycles. The van der Waals surface area contributed by atoms with Gasteiger partial charge in [-0.15, -0.1) is 0 Å². The van der Waals surface area contributed by atoms with Crippen LogP contribution in [-0.2, 0) is 0 Å². The number of hydrogen-bond acceptors (Lipinski definition) is 4. The maximum Gasteiger partial charge on any atom is 0.326 e. The third-order valence-electron chi connectivity index (χ3n) is 3.52. The number of urea groups is 1. The van der Waals surface area contributed by atoms with Crippen LogP contribution in [0.4, 0.5) is 16.2 Å². The molecule has 1 aromatic carbocycles. The summed E-state index contributed by atoms with van der Waals surface area (Å²) in [6, 6.07) is 10.5. The van der Waals surface area contributed by atoms with Crippen LogP contribution in [-0.4, -0.2) is 31.8 Å². The first-order chi connectivity index (χ1) is 12.1. The van der Waals surface area contributed by atoms with Gasteiger partial charge in [-0.25, -0.2) is 14.5 Å². The second-order valence-corrected chi connectivity index (χ2v) is 5.63. The predicted molar refractivity (Wildman–Crippen MR) is 95.1 cm³/mol. The summed E-state index contributed by atoms with van der Waals surface area (Å²) in [5.41, 5.74) is 0.362. The Morgan fingerprint density at radius 2 is 2.00 bits per heavy atom. The molecule has 25 heavy (non-hydrogen) atoms. The van der Waals surface area contributed by atoms with E-state index in [-0.39, 0.29) is 17.7 Å². The van der Waals surface area contributed by atoms with Crippen molar-refractivity contribution in [1.82, 2.24) is 19.7 Å². The van der Waals surface area contributed by atoms with Crippen molar-refractivity contribution < 1.29 is 4.79 Å². The van der Waals surface area contributed by atoms with Gasteiger partial charge in [0.15, 0.2) is 0 Å². The molecule has 128 valence electrons. The Bertz CT molecular complexity index is 902. The quantitative estimate of drug-likeness (QED) is 0.763. The van der Waals surface area contributed by atoms with Crippen LogP contribution in [0.3, 0.4) is 0 Å². The van der Waals surface area contributed by atoms with Crippen LogP contribution in [0.2, 0.25) is 0 Å². The Hall–Kier alpha value is -3.42. The van der Waals surface area contributed by atoms with E-state index in [2.05, 4.69) is 20.4 Å². The Balaban J connectivity index is 1.83. The number of anilines is 2. The number of rotatable bonds is 4. The molecule has 0 spiro atoms. The molecule has 2 amide bonds. The van der Waals surface area contributed by atoms with E-state index in [4.69, 9.17) is 0 Å². The molecule has 0 aliphatic rings. The Kier molecular flexibility index (Phi) is 4.60. The summed E-state index contributed by atoms with van der Waals surface area (Å²) in [6.45, 7) is 3.80. The highest BCUT2D eigenvalue weighted by molar-refractivity contribution is 6.01. The SMILES string of the molecule is CC(C)N(C(=O)Nc1cnc(-n2cccn2)[nH]c1=O)c1ccccc1. The summed E-state index contributed by atoms with van der Waals surface area (Å²) in [6.07, 6.45) is 4.56. The van der Waals surface area contributed by atoms with Gasteiger partial charge in [0.25, 0.3) is 5.56 Å². The van der Waals surface area contributed by atoms with Crippen LogP contribution in [0.25, 0.3) is 5.95 Å². The van der Waals surface area contributed by atoms with Crippen LogP contribution < -0.4 is 15.8 Å². The average molecular weight is 338 g/mol. The van der Waals surface area contributed by atoms with Crippen molar-refractivity contribution in [2.75, 3.05) is 10.2 Å². The fourth-order valence-corrected chi connectivity index (χ4v) is 2.40. The molecule has 2 aromatic heterocycles. The molecule has 2 N–H and O–H groups in total. The van der Waals surface area contributed by atoms with Crippen molar-refractivity contribution in [2.45, 2.75) is 19.9 Å². The Labute approximate surface area is 144 Å². The van der Waals surface area contributed by atoms with Gasteiger partial charge in [-0.1, -0.05) is 18.2 Å². The van der Waals surface area contributed by atoms with Gasteiger partial charge in [0.1, 0.15) is 5.69 Å². The second-order valence-electron chi connectivity index (χ2n) is 5.63. The number of amides is 2. The summed E-state index contributed by atoms with van der Waals surface area (Å²) >= 11 is 0. The van der Waals surface area contributed by atoms with Crippen molar-refractivity contribution in [3.8, 4) is 5.95 Å². The minimum atomic E-state index is -0.453. The van der Waals surface area contributed by atoms with Gasteiger partial charge in [0.05, 0.1) is 6.20 Å². The molecular formula is C17H18N6O2. The molecule has 0 fully saturated rings. The molecule has 0 bridgehead atoms. The standard InChI is InChI=1S/C17H18N6O2/c1-12(2)23(13-7-4-3-5-8-13)17(25)20-14-11-18-16(21-15(14)24)22-10-6-9-19-22/h3-12H,1-2H3,(H,20,25)(H,18,21,24). The molecule has 0 atom stereocenters. The van der Waals surface area contributed by atoms with Crippen molar-refractivity contribution in [3.05, 3.63) is 65.3 Å². The average Bonchev–Trinajstić information content (AvgIpc) is 3.12. The molecule has 0 aliphatic carbocycles. The van der Waals surface area contributed by atoms with E-state index in [1.54, 1.807) is 23.4 Å². The number of carbonyl (C=O) groups is 1. The normalized spacial score (nSPS) is 10.7. The topological polar surface area (TPSA) is 95.9 Å². The van der Waals surface area contributed by atoms with Gasteiger partial charge in [-0.3, -0.25) is 14.7 Å². The highest BCUT2D eigenvalue weighted by atomic mass is 16.2. The van der Waals surface area contributed by atoms with Gasteiger partial charge >= 0.3 is 6.03 Å². The van der Waals surface area contributed by atoms with E-state index < -0.39 is 11.6 Å². The first-order valence-corrected chi connectivity index (χ1v) is 7.81. The molecule has 3 aromatic rings. The van der Waals surface area contributed by atoms with Crippen LogP contribution in [0, 0.1) is 0 Å². The van der Waals surface area contributed by atoms with Crippen molar-refractivity contribution >= 4 is 17.4 Å². The zero-order valence-corrected chi connectivity index (χ0v) is 13.9. The van der Waals surface area contributed by atoms with Gasteiger partial charge < -0.3 is 5.32 Å². The van der Waals surface area contributed by atoms with Crippen LogP contribution >= 0.6 is 0 Å². The van der Waals surface area contributed by atoms with E-state index in [9.17, 15) is 9.59 Å². The molecule has 8 nitrogen and oxygen atoms in total. The minimum Gasteiger partial charge on any atom is -0.301 e. The zero-order valence-electron chi connectivity index (χ0n) is 13.9. The molecule has 0 saturated carbocycles. The van der Waals surface area contributed by atoms with Gasteiger partial charge in [-0.05, 0) is 32.0 Å². The largest absolute Gasteiger partial charge is 0.326 e. The summed E-state index contributed by atoms with van der Waals surface area (Å²) in [5, 5.41) is 6.61. The number of nitrogens with zero attached hydrogens (tertiary/aromatic N) is 4. The van der Waals surface area contributed by atoms with Gasteiger partial charge in [0.2, 0.25) is 5.95 Å². The van der Waals surface area contributed by atoms with Gasteiger partial charge in [0, 0.05) is 24.1 Å². The summed E-state index contributed by atoms with van der Waals surface area (Å²) in [5.74, 6) is 0.275. The van der Waals surface area contributed by atoms with Gasteiger partial charge in [-0.2, -0.15) is 5.10 Å². The summed E-state index contributed by atoms with van der Waals surface area (Å²) < 4.78 is 1.43. The Morgan fingerprint density at radius 1 is 1.24 bits per heavy atom. The smallest absolute Gasteiger partial charge is 0.301 e. The lowest BCUT2D eigenvalue weighted by molar-refractivity contribution is 0.255. The molecule has 2 heterocycles. The number of hydrogen-bond donors (Lipinski definition) is 2. The number of para-hydroxylation sites is 1. The highest BCUT2D eigenvalue weighted by Gasteiger charge is 2.20. The van der Waals surface area contributed by atoms with Crippen molar-refractivity contribution in [3.63, 3.8) is 0 Å². The lowest BCUT2D eigenvalue weighted by Gasteiger charge is -2.26. The number of benzene rings is 1. The number of carbonyl (C=O) groups excluding carboxylic acids is 1.